The molecule has 0 rings (SSSR count). The van der Waals surface area contributed by atoms with Crippen LogP contribution in [0.4, 0.5) is 0 Å². The summed E-state index contributed by atoms with van der Waals surface area (Å²) >= 11 is 0. The van der Waals surface area contributed by atoms with Gasteiger partial charge in [0, 0.05) is 19.3 Å². The number of hydrogen-bond acceptors (Lipinski definition) is 6. The van der Waals surface area contributed by atoms with Crippen LogP contribution in [0.15, 0.2) is 134 Å². The molecule has 0 N–H and O–H groups in total. The highest BCUT2D eigenvalue weighted by Crippen LogP contribution is 2.15. The van der Waals surface area contributed by atoms with Gasteiger partial charge in [-0.2, -0.15) is 0 Å². The summed E-state index contributed by atoms with van der Waals surface area (Å²) in [6.07, 6.45) is 93.1. The molecule has 0 saturated heterocycles. The quantitative estimate of drug-likeness (QED) is 0.0261. The van der Waals surface area contributed by atoms with Crippen LogP contribution in [0, 0.1) is 0 Å². The number of carbonyl (C=O) groups is 3. The van der Waals surface area contributed by atoms with Crippen molar-refractivity contribution in [2.45, 2.75) is 297 Å². The molecule has 1 atom stereocenters. The van der Waals surface area contributed by atoms with Gasteiger partial charge in [0.1, 0.15) is 13.2 Å². The Balaban J connectivity index is 4.34. The molecule has 0 aliphatic heterocycles. The fraction of sp³-hybridized carbons (Fsp3) is 0.658. The van der Waals surface area contributed by atoms with Crippen molar-refractivity contribution in [2.75, 3.05) is 13.2 Å². The lowest BCUT2D eigenvalue weighted by molar-refractivity contribution is -0.167. The van der Waals surface area contributed by atoms with Crippen LogP contribution in [0.5, 0.6) is 0 Å². The van der Waals surface area contributed by atoms with Crippen LogP contribution in [0.3, 0.4) is 0 Å². The molecule has 0 heterocycles. The maximum Gasteiger partial charge on any atom is 0.306 e. The van der Waals surface area contributed by atoms with Crippen molar-refractivity contribution in [3.8, 4) is 0 Å². The first-order chi connectivity index (χ1) is 39.0. The summed E-state index contributed by atoms with van der Waals surface area (Å²) in [4.78, 5) is 38.3. The molecular formula is C73H120O6. The Labute approximate surface area is 487 Å². The van der Waals surface area contributed by atoms with Gasteiger partial charge in [-0.25, -0.2) is 0 Å². The van der Waals surface area contributed by atoms with Crippen LogP contribution >= 0.6 is 0 Å². The Morgan fingerprint density at radius 1 is 0.266 bits per heavy atom. The number of hydrogen-bond donors (Lipinski definition) is 0. The van der Waals surface area contributed by atoms with Gasteiger partial charge in [0.2, 0.25) is 0 Å². The monoisotopic (exact) mass is 1090 g/mol. The molecule has 0 aliphatic carbocycles. The van der Waals surface area contributed by atoms with E-state index in [-0.39, 0.29) is 31.1 Å². The zero-order valence-electron chi connectivity index (χ0n) is 51.3. The minimum atomic E-state index is -0.797. The fourth-order valence-electron chi connectivity index (χ4n) is 8.72. The van der Waals surface area contributed by atoms with Gasteiger partial charge < -0.3 is 14.2 Å². The van der Waals surface area contributed by atoms with E-state index in [1.165, 1.54) is 103 Å². The standard InChI is InChI=1S/C73H120O6/c1-4-7-10-13-16-19-22-25-27-29-31-32-33-34-35-36-37-38-39-40-41-42-43-45-46-48-51-54-57-60-63-66-72(75)78-69-70(68-77-71(74)65-62-59-56-53-50-24-21-18-15-12-9-6-3)79-73(76)67-64-61-58-55-52-49-47-44-30-28-26-23-20-17-14-11-8-5-2/h7,10,16,18-21,23,25,27-28,30-32,34-35,37-38,40-41,43,45,70H,4-6,8-9,11-15,17,22,24,26,29,33,36,39,42,44,46-69H2,1-3H3/b10-7-,19-16-,21-18-,23-20-,27-25-,30-28-,32-31-,35-34-,38-37-,41-40-,45-43-. The predicted octanol–water partition coefficient (Wildman–Crippen LogP) is 22.5. The summed E-state index contributed by atoms with van der Waals surface area (Å²) < 4.78 is 16.9. The third-order valence-electron chi connectivity index (χ3n) is 13.6. The van der Waals surface area contributed by atoms with E-state index in [2.05, 4.69) is 154 Å². The van der Waals surface area contributed by atoms with Crippen molar-refractivity contribution < 1.29 is 28.6 Å². The number of allylic oxidation sites excluding steroid dienone is 22. The summed E-state index contributed by atoms with van der Waals surface area (Å²) in [5, 5.41) is 0. The SMILES string of the molecule is CC/C=C\C/C=C\C/C=C\C/C=C\C/C=C\C/C=C\C/C=C\C/C=C\CCCCCCCCC(=O)OCC(COC(=O)CCCCCCC/C=C\CCCCC)OC(=O)CCCCCCCCC/C=C\C/C=C\CCCCCC. The lowest BCUT2D eigenvalue weighted by Crippen LogP contribution is -2.30. The molecule has 6 heteroatoms. The highest BCUT2D eigenvalue weighted by Gasteiger charge is 2.19. The Bertz CT molecular complexity index is 1680. The zero-order valence-corrected chi connectivity index (χ0v) is 51.3. The lowest BCUT2D eigenvalue weighted by atomic mass is 10.1. The molecule has 0 aliphatic rings. The van der Waals surface area contributed by atoms with Crippen LogP contribution in [0.1, 0.15) is 290 Å². The van der Waals surface area contributed by atoms with Gasteiger partial charge >= 0.3 is 17.9 Å². The van der Waals surface area contributed by atoms with Crippen LogP contribution in [0.2, 0.25) is 0 Å². The van der Waals surface area contributed by atoms with Gasteiger partial charge in [0.25, 0.3) is 0 Å². The highest BCUT2D eigenvalue weighted by molar-refractivity contribution is 5.71. The number of unbranched alkanes of at least 4 members (excludes halogenated alkanes) is 25. The van der Waals surface area contributed by atoms with E-state index in [1.54, 1.807) is 0 Å². The molecular weight excluding hydrogens is 973 g/mol. The predicted molar refractivity (Wildman–Crippen MR) is 343 cm³/mol. The molecule has 0 radical (unpaired) electrons. The highest BCUT2D eigenvalue weighted by atomic mass is 16.6. The van der Waals surface area contributed by atoms with Gasteiger partial charge in [0.15, 0.2) is 6.10 Å². The lowest BCUT2D eigenvalue weighted by Gasteiger charge is -2.18. The topological polar surface area (TPSA) is 78.9 Å². The molecule has 0 amide bonds. The van der Waals surface area contributed by atoms with Gasteiger partial charge in [-0.1, -0.05) is 264 Å². The van der Waals surface area contributed by atoms with Gasteiger partial charge in [0.05, 0.1) is 0 Å². The largest absolute Gasteiger partial charge is 0.462 e. The minimum absolute atomic E-state index is 0.0928. The van der Waals surface area contributed by atoms with Crippen molar-refractivity contribution in [3.05, 3.63) is 134 Å². The Morgan fingerprint density at radius 3 is 0.810 bits per heavy atom. The summed E-state index contributed by atoms with van der Waals surface area (Å²) in [5.41, 5.74) is 0. The second-order valence-corrected chi connectivity index (χ2v) is 21.3. The van der Waals surface area contributed by atoms with E-state index >= 15 is 0 Å². The molecule has 0 saturated carbocycles. The van der Waals surface area contributed by atoms with Crippen LogP contribution in [0.25, 0.3) is 0 Å². The molecule has 1 unspecified atom stereocenters. The minimum Gasteiger partial charge on any atom is -0.462 e. The van der Waals surface area contributed by atoms with E-state index < -0.39 is 6.10 Å². The van der Waals surface area contributed by atoms with Crippen LogP contribution in [-0.4, -0.2) is 37.2 Å². The first-order valence-corrected chi connectivity index (χ1v) is 32.7. The molecule has 79 heavy (non-hydrogen) atoms. The summed E-state index contributed by atoms with van der Waals surface area (Å²) in [7, 11) is 0. The maximum atomic E-state index is 12.9. The Hall–Kier alpha value is -4.45. The number of carbonyl (C=O) groups excluding carboxylic acids is 3. The van der Waals surface area contributed by atoms with E-state index in [0.29, 0.717) is 19.3 Å². The molecule has 0 aromatic rings. The normalized spacial score (nSPS) is 13.0. The fourth-order valence-corrected chi connectivity index (χ4v) is 8.72. The average molecular weight is 1090 g/mol. The summed E-state index contributed by atoms with van der Waals surface area (Å²) in [6.45, 7) is 6.47. The Kier molecular flexibility index (Phi) is 62.3. The summed E-state index contributed by atoms with van der Waals surface area (Å²) in [6, 6.07) is 0. The molecule has 0 bridgehead atoms. The number of esters is 3. The van der Waals surface area contributed by atoms with E-state index in [0.717, 1.165) is 148 Å². The second-order valence-electron chi connectivity index (χ2n) is 21.3. The molecule has 448 valence electrons. The smallest absolute Gasteiger partial charge is 0.306 e. The first kappa shape index (κ1) is 74.5. The van der Waals surface area contributed by atoms with E-state index in [4.69, 9.17) is 14.2 Å². The maximum absolute atomic E-state index is 12.9. The Morgan fingerprint density at radius 2 is 0.494 bits per heavy atom. The molecule has 0 aromatic carbocycles. The van der Waals surface area contributed by atoms with Crippen molar-refractivity contribution in [1.82, 2.24) is 0 Å². The van der Waals surface area contributed by atoms with Gasteiger partial charge in [-0.3, -0.25) is 14.4 Å². The third kappa shape index (κ3) is 64.3. The zero-order chi connectivity index (χ0) is 57.1. The van der Waals surface area contributed by atoms with Crippen LogP contribution in [-0.2, 0) is 28.6 Å². The first-order valence-electron chi connectivity index (χ1n) is 32.7. The van der Waals surface area contributed by atoms with E-state index in [9.17, 15) is 14.4 Å². The number of rotatable bonds is 58. The van der Waals surface area contributed by atoms with Crippen LogP contribution < -0.4 is 0 Å². The molecule has 0 spiro atoms. The molecule has 6 nitrogen and oxygen atoms in total. The van der Waals surface area contributed by atoms with Crippen molar-refractivity contribution in [3.63, 3.8) is 0 Å². The molecule has 0 fully saturated rings. The van der Waals surface area contributed by atoms with Crippen molar-refractivity contribution in [2.24, 2.45) is 0 Å². The van der Waals surface area contributed by atoms with Crippen molar-refractivity contribution in [1.29, 1.82) is 0 Å². The second kappa shape index (κ2) is 66.1. The molecule has 0 aromatic heterocycles. The third-order valence-corrected chi connectivity index (χ3v) is 13.6. The van der Waals surface area contributed by atoms with Gasteiger partial charge in [-0.05, 0) is 141 Å². The van der Waals surface area contributed by atoms with Crippen molar-refractivity contribution >= 4 is 17.9 Å². The van der Waals surface area contributed by atoms with Gasteiger partial charge in [-0.15, -0.1) is 0 Å². The summed E-state index contributed by atoms with van der Waals surface area (Å²) in [5.74, 6) is -0.922. The van der Waals surface area contributed by atoms with E-state index in [1.807, 2.05) is 0 Å². The average Bonchev–Trinajstić information content (AvgIpc) is 3.45. The number of ether oxygens (including phenoxy) is 3.